The number of carbonyl (C=O) groups excluding carboxylic acids is 2. The number of nitrogens with one attached hydrogen (secondary N) is 2. The van der Waals surface area contributed by atoms with Gasteiger partial charge in [-0.1, -0.05) is 18.2 Å². The van der Waals surface area contributed by atoms with E-state index in [4.69, 9.17) is 0 Å². The first kappa shape index (κ1) is 23.4. The molecule has 4 rings (SSSR count). The molecule has 1 aromatic carbocycles. The average Bonchev–Trinajstić information content (AvgIpc) is 3.52. The van der Waals surface area contributed by atoms with Crippen molar-refractivity contribution >= 4 is 55.9 Å². The third-order valence-corrected chi connectivity index (χ3v) is 9.62. The summed E-state index contributed by atoms with van der Waals surface area (Å²) in [6, 6.07) is 11.8. The minimum atomic E-state index is -3.71. The van der Waals surface area contributed by atoms with E-state index in [1.165, 1.54) is 15.6 Å². The number of carbonyl (C=O) groups is 2. The number of fused-ring (bicyclic) bond motifs is 1. The summed E-state index contributed by atoms with van der Waals surface area (Å²) < 4.78 is 27.8. The van der Waals surface area contributed by atoms with Crippen LogP contribution in [0.1, 0.15) is 23.8 Å². The number of benzene rings is 1. The van der Waals surface area contributed by atoms with Crippen molar-refractivity contribution in [3.05, 3.63) is 63.7 Å². The second kappa shape index (κ2) is 9.26. The number of sulfonamides is 1. The number of rotatable bonds is 6. The van der Waals surface area contributed by atoms with E-state index >= 15 is 0 Å². The SMILES string of the molecule is CC(O)(CNC(=O)C(=O)Nc1ccc2c(c1)N(S(=O)(=O)c1cccs1)CCC2)c1cccs1. The molecule has 1 aliphatic rings. The lowest BCUT2D eigenvalue weighted by atomic mass is 10.0. The average molecular weight is 506 g/mol. The van der Waals surface area contributed by atoms with E-state index < -0.39 is 27.4 Å². The van der Waals surface area contributed by atoms with Crippen LogP contribution in [0.3, 0.4) is 0 Å². The molecule has 8 nitrogen and oxygen atoms in total. The molecular weight excluding hydrogens is 482 g/mol. The third-order valence-electron chi connectivity index (χ3n) is 5.31. The van der Waals surface area contributed by atoms with Crippen LogP contribution in [0, 0.1) is 0 Å². The molecule has 0 spiro atoms. The molecule has 0 saturated heterocycles. The maximum atomic E-state index is 13.1. The highest BCUT2D eigenvalue weighted by atomic mass is 32.2. The van der Waals surface area contributed by atoms with Gasteiger partial charge in [0, 0.05) is 17.1 Å². The summed E-state index contributed by atoms with van der Waals surface area (Å²) in [6.07, 6.45) is 1.41. The predicted octanol–water partition coefficient (Wildman–Crippen LogP) is 2.91. The lowest BCUT2D eigenvalue weighted by molar-refractivity contribution is -0.136. The highest BCUT2D eigenvalue weighted by Gasteiger charge is 2.30. The van der Waals surface area contributed by atoms with Crippen LogP contribution in [-0.2, 0) is 31.6 Å². The summed E-state index contributed by atoms with van der Waals surface area (Å²) >= 11 is 2.50. The molecule has 2 amide bonds. The molecule has 0 saturated carbocycles. The van der Waals surface area contributed by atoms with Crippen molar-refractivity contribution in [3.63, 3.8) is 0 Å². The molecule has 0 aliphatic carbocycles. The number of hydrogen-bond acceptors (Lipinski definition) is 7. The summed E-state index contributed by atoms with van der Waals surface area (Å²) in [5.41, 5.74) is 0.364. The molecule has 1 unspecified atom stereocenters. The number of aliphatic hydroxyl groups is 1. The minimum absolute atomic E-state index is 0.128. The molecule has 0 bridgehead atoms. The van der Waals surface area contributed by atoms with Crippen molar-refractivity contribution < 1.29 is 23.1 Å². The van der Waals surface area contributed by atoms with Gasteiger partial charge in [0.25, 0.3) is 10.0 Å². The number of aryl methyl sites for hydroxylation is 1. The molecule has 2 aromatic heterocycles. The van der Waals surface area contributed by atoms with Crippen molar-refractivity contribution in [1.29, 1.82) is 0 Å². The smallest absolute Gasteiger partial charge is 0.313 e. The van der Waals surface area contributed by atoms with Gasteiger partial charge in [-0.3, -0.25) is 13.9 Å². The first-order chi connectivity index (χ1) is 15.7. The van der Waals surface area contributed by atoms with Gasteiger partial charge in [-0.15, -0.1) is 22.7 Å². The summed E-state index contributed by atoms with van der Waals surface area (Å²) in [4.78, 5) is 25.4. The number of anilines is 2. The van der Waals surface area contributed by atoms with Gasteiger partial charge in [0.2, 0.25) is 0 Å². The maximum Gasteiger partial charge on any atom is 0.313 e. The molecule has 33 heavy (non-hydrogen) atoms. The van der Waals surface area contributed by atoms with Crippen LogP contribution in [0.2, 0.25) is 0 Å². The Morgan fingerprint density at radius 3 is 2.58 bits per heavy atom. The van der Waals surface area contributed by atoms with Crippen molar-refractivity contribution in [2.75, 3.05) is 22.7 Å². The van der Waals surface area contributed by atoms with Crippen LogP contribution in [0.4, 0.5) is 11.4 Å². The number of thiophene rings is 2. The van der Waals surface area contributed by atoms with Crippen molar-refractivity contribution in [2.24, 2.45) is 0 Å². The first-order valence-electron chi connectivity index (χ1n) is 10.2. The Bertz CT molecular complexity index is 1250. The Kier molecular flexibility index (Phi) is 6.57. The molecule has 0 fully saturated rings. The van der Waals surface area contributed by atoms with Crippen LogP contribution in [0.25, 0.3) is 0 Å². The molecule has 1 aliphatic heterocycles. The standard InChI is InChI=1S/C22H23N3O5S3/c1-22(28,18-6-3-11-31-18)14-23-20(26)21(27)24-16-9-8-15-5-2-10-25(17(15)13-16)33(29,30)19-7-4-12-32-19/h3-4,6-9,11-13,28H,2,5,10,14H2,1H3,(H,23,26)(H,24,27). The highest BCUT2D eigenvalue weighted by Crippen LogP contribution is 2.35. The van der Waals surface area contributed by atoms with Crippen LogP contribution >= 0.6 is 22.7 Å². The van der Waals surface area contributed by atoms with E-state index in [2.05, 4.69) is 10.6 Å². The normalized spacial score (nSPS) is 15.4. The van der Waals surface area contributed by atoms with Gasteiger partial charge in [-0.25, -0.2) is 8.42 Å². The zero-order valence-corrected chi connectivity index (χ0v) is 20.2. The van der Waals surface area contributed by atoms with Gasteiger partial charge in [0.1, 0.15) is 9.81 Å². The topological polar surface area (TPSA) is 116 Å². The van der Waals surface area contributed by atoms with Gasteiger partial charge >= 0.3 is 11.8 Å². The summed E-state index contributed by atoms with van der Waals surface area (Å²) in [5, 5.41) is 19.0. The molecule has 174 valence electrons. The predicted molar refractivity (Wildman–Crippen MR) is 129 cm³/mol. The quantitative estimate of drug-likeness (QED) is 0.446. The molecule has 3 N–H and O–H groups in total. The van der Waals surface area contributed by atoms with E-state index in [1.807, 2.05) is 5.38 Å². The molecule has 11 heteroatoms. The minimum Gasteiger partial charge on any atom is -0.383 e. The van der Waals surface area contributed by atoms with E-state index in [9.17, 15) is 23.1 Å². The fraction of sp³-hybridized carbons (Fsp3) is 0.273. The van der Waals surface area contributed by atoms with Gasteiger partial charge < -0.3 is 15.7 Å². The Morgan fingerprint density at radius 1 is 1.12 bits per heavy atom. The van der Waals surface area contributed by atoms with E-state index in [1.54, 1.807) is 54.8 Å². The van der Waals surface area contributed by atoms with Crippen molar-refractivity contribution in [1.82, 2.24) is 5.32 Å². The third kappa shape index (κ3) is 4.96. The second-order valence-electron chi connectivity index (χ2n) is 7.84. The zero-order valence-electron chi connectivity index (χ0n) is 17.8. The zero-order chi connectivity index (χ0) is 23.6. The lowest BCUT2D eigenvalue weighted by Crippen LogP contribution is -2.43. The van der Waals surface area contributed by atoms with Crippen molar-refractivity contribution in [2.45, 2.75) is 29.6 Å². The largest absolute Gasteiger partial charge is 0.383 e. The highest BCUT2D eigenvalue weighted by molar-refractivity contribution is 7.94. The first-order valence-corrected chi connectivity index (χ1v) is 13.4. The Labute approximate surface area is 199 Å². The number of amides is 2. The Balaban J connectivity index is 1.47. The van der Waals surface area contributed by atoms with Gasteiger partial charge in [-0.2, -0.15) is 0 Å². The molecule has 0 radical (unpaired) electrons. The summed E-state index contributed by atoms with van der Waals surface area (Å²) in [6.45, 7) is 1.77. The van der Waals surface area contributed by atoms with E-state index in [0.29, 0.717) is 29.2 Å². The maximum absolute atomic E-state index is 13.1. The van der Waals surface area contributed by atoms with Crippen molar-refractivity contribution in [3.8, 4) is 0 Å². The molecule has 3 heterocycles. The molecular formula is C22H23N3O5S3. The summed E-state index contributed by atoms with van der Waals surface area (Å²) in [7, 11) is -3.71. The van der Waals surface area contributed by atoms with Crippen LogP contribution in [0.5, 0.6) is 0 Å². The van der Waals surface area contributed by atoms with Crippen LogP contribution < -0.4 is 14.9 Å². The summed E-state index contributed by atoms with van der Waals surface area (Å²) in [5.74, 6) is -1.80. The number of nitrogens with zero attached hydrogens (tertiary/aromatic N) is 1. The Morgan fingerprint density at radius 2 is 1.88 bits per heavy atom. The Hall–Kier alpha value is -2.73. The fourth-order valence-corrected chi connectivity index (χ4v) is 7.00. The van der Waals surface area contributed by atoms with Gasteiger partial charge in [-0.05, 0) is 60.4 Å². The fourth-order valence-electron chi connectivity index (χ4n) is 3.58. The van der Waals surface area contributed by atoms with E-state index in [-0.39, 0.29) is 10.8 Å². The van der Waals surface area contributed by atoms with Gasteiger partial charge in [0.15, 0.2) is 0 Å². The second-order valence-corrected chi connectivity index (χ2v) is 11.8. The van der Waals surface area contributed by atoms with Crippen LogP contribution in [0.15, 0.2) is 57.4 Å². The monoisotopic (exact) mass is 505 g/mol. The molecule has 3 aromatic rings. The lowest BCUT2D eigenvalue weighted by Gasteiger charge is -2.30. The van der Waals surface area contributed by atoms with E-state index in [0.717, 1.165) is 23.3 Å². The number of hydrogen-bond donors (Lipinski definition) is 3. The van der Waals surface area contributed by atoms with Crippen LogP contribution in [-0.4, -0.2) is 38.4 Å². The molecule has 1 atom stereocenters. The van der Waals surface area contributed by atoms with Gasteiger partial charge in [0.05, 0.1) is 12.2 Å².